The fraction of sp³-hybridized carbons (Fsp3) is 0.429. The van der Waals surface area contributed by atoms with Gasteiger partial charge in [0.05, 0.1) is 0 Å². The lowest BCUT2D eigenvalue weighted by atomic mass is 9.99. The first kappa shape index (κ1) is 11.4. The van der Waals surface area contributed by atoms with Crippen LogP contribution in [-0.2, 0) is 6.54 Å². The molecule has 86 valence electrons. The lowest BCUT2D eigenvalue weighted by molar-refractivity contribution is 0.516. The van der Waals surface area contributed by atoms with Crippen molar-refractivity contribution in [3.63, 3.8) is 0 Å². The van der Waals surface area contributed by atoms with E-state index in [1.807, 2.05) is 0 Å². The van der Waals surface area contributed by atoms with Gasteiger partial charge in [-0.1, -0.05) is 36.4 Å². The lowest BCUT2D eigenvalue weighted by Gasteiger charge is -2.19. The van der Waals surface area contributed by atoms with Crippen LogP contribution < -0.4 is 10.6 Å². The molecule has 1 aromatic rings. The summed E-state index contributed by atoms with van der Waals surface area (Å²) in [5, 5.41) is 7.04. The maximum Gasteiger partial charge on any atom is 0.0338 e. The summed E-state index contributed by atoms with van der Waals surface area (Å²) in [6, 6.07) is 9.14. The number of rotatable bonds is 3. The van der Waals surface area contributed by atoms with Crippen LogP contribution in [0, 0.1) is 0 Å². The SMILES string of the molecule is C=C(C)CNC1CCNCc2ccccc21. The summed E-state index contributed by atoms with van der Waals surface area (Å²) < 4.78 is 0. The monoisotopic (exact) mass is 216 g/mol. The van der Waals surface area contributed by atoms with Crippen molar-refractivity contribution in [3.8, 4) is 0 Å². The Morgan fingerprint density at radius 3 is 3.12 bits per heavy atom. The molecule has 1 aliphatic rings. The smallest absolute Gasteiger partial charge is 0.0338 e. The minimum Gasteiger partial charge on any atom is -0.313 e. The van der Waals surface area contributed by atoms with Crippen LogP contribution in [-0.4, -0.2) is 13.1 Å². The fourth-order valence-corrected chi connectivity index (χ4v) is 2.17. The van der Waals surface area contributed by atoms with Gasteiger partial charge in [0, 0.05) is 19.1 Å². The van der Waals surface area contributed by atoms with Crippen LogP contribution >= 0.6 is 0 Å². The molecule has 1 aromatic carbocycles. The molecule has 2 heteroatoms. The van der Waals surface area contributed by atoms with E-state index >= 15 is 0 Å². The minimum atomic E-state index is 0.461. The van der Waals surface area contributed by atoms with Crippen LogP contribution in [0.15, 0.2) is 36.4 Å². The molecule has 2 nitrogen and oxygen atoms in total. The summed E-state index contributed by atoms with van der Waals surface area (Å²) in [5.41, 5.74) is 4.04. The number of benzene rings is 1. The second kappa shape index (κ2) is 5.28. The fourth-order valence-electron chi connectivity index (χ4n) is 2.17. The van der Waals surface area contributed by atoms with Crippen molar-refractivity contribution in [1.29, 1.82) is 0 Å². The molecule has 2 N–H and O–H groups in total. The highest BCUT2D eigenvalue weighted by atomic mass is 14.9. The van der Waals surface area contributed by atoms with Crippen molar-refractivity contribution >= 4 is 0 Å². The van der Waals surface area contributed by atoms with Crippen LogP contribution in [0.4, 0.5) is 0 Å². The average Bonchev–Trinajstić information content (AvgIpc) is 2.48. The summed E-state index contributed by atoms with van der Waals surface area (Å²) in [5.74, 6) is 0. The van der Waals surface area contributed by atoms with E-state index in [0.29, 0.717) is 6.04 Å². The van der Waals surface area contributed by atoms with E-state index in [4.69, 9.17) is 0 Å². The molecule has 0 bridgehead atoms. The normalized spacial score (nSPS) is 19.9. The highest BCUT2D eigenvalue weighted by Crippen LogP contribution is 2.23. The first-order valence-corrected chi connectivity index (χ1v) is 5.93. The average molecular weight is 216 g/mol. The summed E-state index contributed by atoms with van der Waals surface area (Å²) in [6.45, 7) is 8.97. The van der Waals surface area contributed by atoms with Gasteiger partial charge in [0.25, 0.3) is 0 Å². The Labute approximate surface area is 97.8 Å². The molecular formula is C14H20N2. The molecule has 0 fully saturated rings. The summed E-state index contributed by atoms with van der Waals surface area (Å²) >= 11 is 0. The maximum absolute atomic E-state index is 3.94. The zero-order valence-electron chi connectivity index (χ0n) is 9.92. The Hall–Kier alpha value is -1.12. The van der Waals surface area contributed by atoms with Gasteiger partial charge in [0.2, 0.25) is 0 Å². The first-order chi connectivity index (χ1) is 7.77. The highest BCUT2D eigenvalue weighted by molar-refractivity contribution is 5.31. The second-order valence-electron chi connectivity index (χ2n) is 4.55. The van der Waals surface area contributed by atoms with Crippen molar-refractivity contribution in [2.24, 2.45) is 0 Å². The molecule has 2 rings (SSSR count). The Bertz CT molecular complexity index is 371. The second-order valence-corrected chi connectivity index (χ2v) is 4.55. The summed E-state index contributed by atoms with van der Waals surface area (Å²) in [7, 11) is 0. The Morgan fingerprint density at radius 1 is 1.50 bits per heavy atom. The molecule has 0 saturated heterocycles. The molecule has 0 aliphatic carbocycles. The predicted molar refractivity (Wildman–Crippen MR) is 68.3 cm³/mol. The van der Waals surface area contributed by atoms with Gasteiger partial charge in [-0.15, -0.1) is 0 Å². The Morgan fingerprint density at radius 2 is 2.31 bits per heavy atom. The van der Waals surface area contributed by atoms with E-state index in [-0.39, 0.29) is 0 Å². The van der Waals surface area contributed by atoms with Gasteiger partial charge in [-0.3, -0.25) is 0 Å². The van der Waals surface area contributed by atoms with Crippen molar-refractivity contribution in [2.75, 3.05) is 13.1 Å². The first-order valence-electron chi connectivity index (χ1n) is 5.93. The van der Waals surface area contributed by atoms with Crippen molar-refractivity contribution in [3.05, 3.63) is 47.5 Å². The van der Waals surface area contributed by atoms with E-state index in [1.165, 1.54) is 16.7 Å². The molecule has 1 heterocycles. The van der Waals surface area contributed by atoms with Gasteiger partial charge in [-0.2, -0.15) is 0 Å². The van der Waals surface area contributed by atoms with Gasteiger partial charge in [-0.05, 0) is 31.0 Å². The van der Waals surface area contributed by atoms with E-state index < -0.39 is 0 Å². The van der Waals surface area contributed by atoms with Gasteiger partial charge >= 0.3 is 0 Å². The third kappa shape index (κ3) is 2.71. The van der Waals surface area contributed by atoms with E-state index in [9.17, 15) is 0 Å². The third-order valence-electron chi connectivity index (χ3n) is 3.01. The molecule has 16 heavy (non-hydrogen) atoms. The van der Waals surface area contributed by atoms with Gasteiger partial charge in [0.15, 0.2) is 0 Å². The van der Waals surface area contributed by atoms with Crippen molar-refractivity contribution in [1.82, 2.24) is 10.6 Å². The van der Waals surface area contributed by atoms with E-state index in [0.717, 1.165) is 26.1 Å². The lowest BCUT2D eigenvalue weighted by Crippen LogP contribution is -2.24. The highest BCUT2D eigenvalue weighted by Gasteiger charge is 2.16. The van der Waals surface area contributed by atoms with Crippen LogP contribution in [0.2, 0.25) is 0 Å². The largest absolute Gasteiger partial charge is 0.313 e. The topological polar surface area (TPSA) is 24.1 Å². The standard InChI is InChI=1S/C14H20N2/c1-11(2)9-16-14-7-8-15-10-12-5-3-4-6-13(12)14/h3-6,14-16H,1,7-10H2,2H3. The van der Waals surface area contributed by atoms with Gasteiger partial charge in [0.1, 0.15) is 0 Å². The Balaban J connectivity index is 2.15. The quantitative estimate of drug-likeness (QED) is 0.758. The molecule has 0 radical (unpaired) electrons. The van der Waals surface area contributed by atoms with Crippen LogP contribution in [0.1, 0.15) is 30.5 Å². The van der Waals surface area contributed by atoms with Gasteiger partial charge in [-0.25, -0.2) is 0 Å². The van der Waals surface area contributed by atoms with E-state index in [2.05, 4.69) is 48.4 Å². The zero-order chi connectivity index (χ0) is 11.4. The summed E-state index contributed by atoms with van der Waals surface area (Å²) in [4.78, 5) is 0. The predicted octanol–water partition coefficient (Wildman–Crippen LogP) is 2.39. The van der Waals surface area contributed by atoms with Crippen LogP contribution in [0.25, 0.3) is 0 Å². The maximum atomic E-state index is 3.94. The number of hydrogen-bond acceptors (Lipinski definition) is 2. The van der Waals surface area contributed by atoms with Crippen molar-refractivity contribution < 1.29 is 0 Å². The molecule has 1 unspecified atom stereocenters. The van der Waals surface area contributed by atoms with Crippen molar-refractivity contribution in [2.45, 2.75) is 25.9 Å². The zero-order valence-corrected chi connectivity index (χ0v) is 9.92. The number of nitrogens with one attached hydrogen (secondary N) is 2. The molecule has 0 saturated carbocycles. The summed E-state index contributed by atoms with van der Waals surface area (Å²) in [6.07, 6.45) is 1.14. The molecule has 0 spiro atoms. The number of fused-ring (bicyclic) bond motifs is 1. The van der Waals surface area contributed by atoms with Crippen LogP contribution in [0.3, 0.4) is 0 Å². The number of hydrogen-bond donors (Lipinski definition) is 2. The third-order valence-corrected chi connectivity index (χ3v) is 3.01. The molecule has 0 aromatic heterocycles. The minimum absolute atomic E-state index is 0.461. The Kier molecular flexibility index (Phi) is 3.75. The molecule has 1 atom stereocenters. The van der Waals surface area contributed by atoms with E-state index in [1.54, 1.807) is 0 Å². The van der Waals surface area contributed by atoms with Crippen LogP contribution in [0.5, 0.6) is 0 Å². The molecule has 1 aliphatic heterocycles. The molecule has 0 amide bonds. The molecular weight excluding hydrogens is 196 g/mol. The van der Waals surface area contributed by atoms with Gasteiger partial charge < -0.3 is 10.6 Å².